The quantitative estimate of drug-likeness (QED) is 0.415. The number of hydrogen-bond acceptors (Lipinski definition) is 8. The first-order chi connectivity index (χ1) is 15.6. The van der Waals surface area contributed by atoms with Crippen LogP contribution in [0.4, 0.5) is 5.95 Å². The summed E-state index contributed by atoms with van der Waals surface area (Å²) in [4.78, 5) is 21.3. The lowest BCUT2D eigenvalue weighted by Gasteiger charge is -2.08. The summed E-state index contributed by atoms with van der Waals surface area (Å²) in [6.45, 7) is 2.33. The van der Waals surface area contributed by atoms with Gasteiger partial charge >= 0.3 is 0 Å². The Kier molecular flexibility index (Phi) is 6.31. The number of aryl methyl sites for hydroxylation is 1. The van der Waals surface area contributed by atoms with Crippen molar-refractivity contribution in [3.63, 3.8) is 0 Å². The van der Waals surface area contributed by atoms with E-state index in [0.29, 0.717) is 40.8 Å². The van der Waals surface area contributed by atoms with Crippen LogP contribution in [0.2, 0.25) is 0 Å². The zero-order valence-electron chi connectivity index (χ0n) is 17.7. The molecular weight excluding hydrogens is 430 g/mol. The average molecular weight is 452 g/mol. The van der Waals surface area contributed by atoms with Gasteiger partial charge in [-0.2, -0.15) is 4.98 Å². The van der Waals surface area contributed by atoms with E-state index in [1.165, 1.54) is 0 Å². The molecule has 2 heterocycles. The van der Waals surface area contributed by atoms with Crippen LogP contribution in [0.5, 0.6) is 17.2 Å². The van der Waals surface area contributed by atoms with Crippen molar-refractivity contribution < 1.29 is 19.0 Å². The molecule has 2 aromatic heterocycles. The van der Waals surface area contributed by atoms with Gasteiger partial charge in [0, 0.05) is 17.0 Å². The minimum Gasteiger partial charge on any atom is -0.497 e. The van der Waals surface area contributed by atoms with Crippen molar-refractivity contribution in [2.24, 2.45) is 0 Å². The third-order valence-corrected chi connectivity index (χ3v) is 5.37. The van der Waals surface area contributed by atoms with Crippen LogP contribution in [0.3, 0.4) is 0 Å². The van der Waals surface area contributed by atoms with Crippen molar-refractivity contribution >= 4 is 23.2 Å². The molecule has 164 valence electrons. The Morgan fingerprint density at radius 3 is 2.53 bits per heavy atom. The Labute approximate surface area is 188 Å². The standard InChI is InChI=1S/C22H21N5O4S/c1-13-23-15(12-32-13)11-31-16-6-4-14(5-7-16)21(28)25-22-24-20(26-27-22)18-9-8-17(29-2)10-19(18)30-3/h4-10,12H,11H2,1-3H3,(H2,24,25,26,27,28). The largest absolute Gasteiger partial charge is 0.497 e. The molecule has 0 bridgehead atoms. The van der Waals surface area contributed by atoms with Crippen LogP contribution in [-0.4, -0.2) is 40.3 Å². The molecule has 0 aliphatic heterocycles. The molecular formula is C22H21N5O4S. The minimum absolute atomic E-state index is 0.155. The number of thiazole rings is 1. The highest BCUT2D eigenvalue weighted by molar-refractivity contribution is 7.09. The van der Waals surface area contributed by atoms with Gasteiger partial charge in [0.1, 0.15) is 23.9 Å². The molecule has 0 atom stereocenters. The number of aromatic nitrogens is 4. The van der Waals surface area contributed by atoms with E-state index < -0.39 is 0 Å². The van der Waals surface area contributed by atoms with E-state index in [0.717, 1.165) is 10.7 Å². The van der Waals surface area contributed by atoms with E-state index in [1.54, 1.807) is 68.0 Å². The number of carbonyl (C=O) groups is 1. The summed E-state index contributed by atoms with van der Waals surface area (Å²) < 4.78 is 16.3. The number of aromatic amines is 1. The number of ether oxygens (including phenoxy) is 3. The third kappa shape index (κ3) is 4.86. The van der Waals surface area contributed by atoms with Crippen LogP contribution in [0.15, 0.2) is 47.8 Å². The van der Waals surface area contributed by atoms with Crippen LogP contribution in [0.25, 0.3) is 11.4 Å². The van der Waals surface area contributed by atoms with Crippen molar-refractivity contribution in [3.8, 4) is 28.6 Å². The number of benzene rings is 2. The molecule has 0 radical (unpaired) electrons. The molecule has 9 nitrogen and oxygen atoms in total. The average Bonchev–Trinajstić information content (AvgIpc) is 3.46. The minimum atomic E-state index is -0.334. The lowest BCUT2D eigenvalue weighted by atomic mass is 10.2. The van der Waals surface area contributed by atoms with E-state index in [-0.39, 0.29) is 11.9 Å². The monoisotopic (exact) mass is 451 g/mol. The van der Waals surface area contributed by atoms with Crippen LogP contribution in [0, 0.1) is 6.92 Å². The van der Waals surface area contributed by atoms with Gasteiger partial charge in [0.05, 0.1) is 30.5 Å². The maximum Gasteiger partial charge on any atom is 0.258 e. The molecule has 0 spiro atoms. The molecule has 32 heavy (non-hydrogen) atoms. The molecule has 4 aromatic rings. The highest BCUT2D eigenvalue weighted by Crippen LogP contribution is 2.31. The third-order valence-electron chi connectivity index (χ3n) is 4.54. The van der Waals surface area contributed by atoms with Crippen LogP contribution >= 0.6 is 11.3 Å². The molecule has 2 aromatic carbocycles. The highest BCUT2D eigenvalue weighted by atomic mass is 32.1. The van der Waals surface area contributed by atoms with Crippen molar-refractivity contribution in [1.82, 2.24) is 20.2 Å². The molecule has 0 aliphatic rings. The highest BCUT2D eigenvalue weighted by Gasteiger charge is 2.14. The van der Waals surface area contributed by atoms with Crippen LogP contribution in [0.1, 0.15) is 21.1 Å². The zero-order valence-corrected chi connectivity index (χ0v) is 18.5. The molecule has 0 aliphatic carbocycles. The Bertz CT molecular complexity index is 1220. The normalized spacial score (nSPS) is 10.6. The van der Waals surface area contributed by atoms with Gasteiger partial charge < -0.3 is 14.2 Å². The van der Waals surface area contributed by atoms with Gasteiger partial charge in [-0.3, -0.25) is 15.2 Å². The maximum atomic E-state index is 12.6. The van der Waals surface area contributed by atoms with Gasteiger partial charge in [-0.05, 0) is 43.3 Å². The first kappa shape index (κ1) is 21.3. The number of nitrogens with one attached hydrogen (secondary N) is 2. The van der Waals surface area contributed by atoms with Gasteiger partial charge in [0.2, 0.25) is 5.95 Å². The first-order valence-electron chi connectivity index (χ1n) is 9.65. The van der Waals surface area contributed by atoms with Crippen molar-refractivity contribution in [2.45, 2.75) is 13.5 Å². The number of H-pyrrole nitrogens is 1. The number of nitrogens with zero attached hydrogens (tertiary/aromatic N) is 3. The van der Waals surface area contributed by atoms with E-state index in [2.05, 4.69) is 25.5 Å². The number of methoxy groups -OCH3 is 2. The number of hydrogen-bond donors (Lipinski definition) is 2. The maximum absolute atomic E-state index is 12.6. The van der Waals surface area contributed by atoms with E-state index in [4.69, 9.17) is 14.2 Å². The number of rotatable bonds is 8. The van der Waals surface area contributed by atoms with Crippen LogP contribution < -0.4 is 19.5 Å². The Balaban J connectivity index is 1.40. The summed E-state index contributed by atoms with van der Waals surface area (Å²) in [5.74, 6) is 2.16. The Hall–Kier alpha value is -3.92. The fourth-order valence-corrected chi connectivity index (χ4v) is 3.54. The molecule has 1 amide bonds. The summed E-state index contributed by atoms with van der Waals surface area (Å²) in [5, 5.41) is 12.5. The van der Waals surface area contributed by atoms with Gasteiger partial charge in [-0.25, -0.2) is 4.98 Å². The molecule has 0 unspecified atom stereocenters. The fourth-order valence-electron chi connectivity index (χ4n) is 2.94. The second-order valence-electron chi connectivity index (χ2n) is 6.70. The molecule has 0 fully saturated rings. The van der Waals surface area contributed by atoms with Crippen molar-refractivity contribution in [2.75, 3.05) is 19.5 Å². The van der Waals surface area contributed by atoms with E-state index >= 15 is 0 Å². The molecule has 0 saturated carbocycles. The van der Waals surface area contributed by atoms with Crippen molar-refractivity contribution in [1.29, 1.82) is 0 Å². The second-order valence-corrected chi connectivity index (χ2v) is 7.76. The summed E-state index contributed by atoms with van der Waals surface area (Å²) in [6, 6.07) is 12.2. The molecule has 10 heteroatoms. The molecule has 4 rings (SSSR count). The number of anilines is 1. The Morgan fingerprint density at radius 1 is 1.06 bits per heavy atom. The Morgan fingerprint density at radius 2 is 1.84 bits per heavy atom. The van der Waals surface area contributed by atoms with Gasteiger partial charge in [0.25, 0.3) is 5.91 Å². The van der Waals surface area contributed by atoms with Gasteiger partial charge in [0.15, 0.2) is 5.82 Å². The topological polar surface area (TPSA) is 111 Å². The van der Waals surface area contributed by atoms with Gasteiger partial charge in [-0.15, -0.1) is 16.4 Å². The summed E-state index contributed by atoms with van der Waals surface area (Å²) in [5.41, 5.74) is 2.02. The lowest BCUT2D eigenvalue weighted by Crippen LogP contribution is -2.12. The van der Waals surface area contributed by atoms with Gasteiger partial charge in [-0.1, -0.05) is 0 Å². The SMILES string of the molecule is COc1ccc(-c2nc(NC(=O)c3ccc(OCc4csc(C)n4)cc3)n[nH]2)c(OC)c1. The van der Waals surface area contributed by atoms with E-state index in [9.17, 15) is 4.79 Å². The summed E-state index contributed by atoms with van der Waals surface area (Å²) >= 11 is 1.58. The molecule has 2 N–H and O–H groups in total. The lowest BCUT2D eigenvalue weighted by molar-refractivity contribution is 0.102. The smallest absolute Gasteiger partial charge is 0.258 e. The molecule has 0 saturated heterocycles. The second kappa shape index (κ2) is 9.48. The number of carbonyl (C=O) groups excluding carboxylic acids is 1. The summed E-state index contributed by atoms with van der Waals surface area (Å²) in [7, 11) is 3.14. The van der Waals surface area contributed by atoms with E-state index in [1.807, 2.05) is 12.3 Å². The van der Waals surface area contributed by atoms with Crippen molar-refractivity contribution in [3.05, 3.63) is 64.1 Å². The predicted octanol–water partition coefficient (Wildman–Crippen LogP) is 4.09. The predicted molar refractivity (Wildman–Crippen MR) is 121 cm³/mol. The first-order valence-corrected chi connectivity index (χ1v) is 10.5. The van der Waals surface area contributed by atoms with Crippen LogP contribution in [-0.2, 0) is 6.61 Å². The summed E-state index contributed by atoms with van der Waals surface area (Å²) in [6.07, 6.45) is 0. The zero-order chi connectivity index (χ0) is 22.5. The number of amides is 1. The fraction of sp³-hybridized carbons (Fsp3) is 0.182.